The van der Waals surface area contributed by atoms with Crippen LogP contribution in [0.25, 0.3) is 0 Å². The maximum atomic E-state index is 7.30. The fraction of sp³-hybridized carbons (Fsp3) is 0.636. The van der Waals surface area contributed by atoms with E-state index in [4.69, 9.17) is 11.1 Å². The number of nitrogens with zero attached hydrogens (tertiary/aromatic N) is 2. The Balaban J connectivity index is 1.91. The molecule has 1 aliphatic rings. The number of nitrogens with two attached hydrogens (primary N) is 1. The lowest BCUT2D eigenvalue weighted by atomic mass is 9.99. The third-order valence-corrected chi connectivity index (χ3v) is 3.90. The van der Waals surface area contributed by atoms with Crippen LogP contribution in [0.3, 0.4) is 0 Å². The number of thiazole rings is 1. The molecule has 88 valence electrons. The van der Waals surface area contributed by atoms with Gasteiger partial charge in [-0.25, -0.2) is 4.98 Å². The molecular formula is C11H18N4S. The number of nitrogens with one attached hydrogen (secondary N) is 1. The highest BCUT2D eigenvalue weighted by Crippen LogP contribution is 2.19. The minimum absolute atomic E-state index is 0.0646. The van der Waals surface area contributed by atoms with Gasteiger partial charge in [-0.1, -0.05) is 6.92 Å². The molecule has 0 unspecified atom stereocenters. The van der Waals surface area contributed by atoms with Crippen LogP contribution in [0.4, 0.5) is 0 Å². The van der Waals surface area contributed by atoms with Gasteiger partial charge in [0.05, 0.1) is 6.54 Å². The van der Waals surface area contributed by atoms with E-state index in [1.54, 1.807) is 11.3 Å². The van der Waals surface area contributed by atoms with Crippen molar-refractivity contribution in [3.63, 3.8) is 0 Å². The third kappa shape index (κ3) is 2.80. The number of piperidine rings is 1. The van der Waals surface area contributed by atoms with Gasteiger partial charge in [-0.05, 0) is 31.8 Å². The summed E-state index contributed by atoms with van der Waals surface area (Å²) < 4.78 is 0. The van der Waals surface area contributed by atoms with E-state index in [-0.39, 0.29) is 5.84 Å². The van der Waals surface area contributed by atoms with Gasteiger partial charge in [-0.3, -0.25) is 10.3 Å². The highest BCUT2D eigenvalue weighted by Gasteiger charge is 2.17. The largest absolute Gasteiger partial charge is 0.382 e. The molecule has 1 saturated heterocycles. The highest BCUT2D eigenvalue weighted by atomic mass is 32.1. The highest BCUT2D eigenvalue weighted by molar-refractivity contribution is 7.09. The summed E-state index contributed by atoms with van der Waals surface area (Å²) in [6, 6.07) is 0. The first kappa shape index (κ1) is 11.5. The zero-order valence-corrected chi connectivity index (χ0v) is 10.4. The minimum atomic E-state index is 0.0646. The molecule has 3 N–H and O–H groups in total. The number of hydrogen-bond donors (Lipinski definition) is 2. The summed E-state index contributed by atoms with van der Waals surface area (Å²) in [4.78, 5) is 6.78. The Morgan fingerprint density at radius 1 is 1.62 bits per heavy atom. The van der Waals surface area contributed by atoms with Crippen molar-refractivity contribution in [1.29, 1.82) is 5.41 Å². The van der Waals surface area contributed by atoms with Crippen LogP contribution in [-0.2, 0) is 6.54 Å². The maximum Gasteiger partial charge on any atom is 0.142 e. The Bertz CT molecular complexity index is 366. The number of aromatic nitrogens is 1. The Morgan fingerprint density at radius 2 is 2.31 bits per heavy atom. The van der Waals surface area contributed by atoms with Gasteiger partial charge in [0.2, 0.25) is 0 Å². The topological polar surface area (TPSA) is 66.0 Å². The Labute approximate surface area is 100.0 Å². The lowest BCUT2D eigenvalue weighted by Gasteiger charge is -2.29. The molecule has 1 fully saturated rings. The van der Waals surface area contributed by atoms with Gasteiger partial charge >= 0.3 is 0 Å². The lowest BCUT2D eigenvalue weighted by Crippen LogP contribution is -2.32. The molecule has 2 rings (SSSR count). The van der Waals surface area contributed by atoms with Crippen molar-refractivity contribution in [3.05, 3.63) is 16.1 Å². The van der Waals surface area contributed by atoms with Crippen molar-refractivity contribution in [2.75, 3.05) is 13.1 Å². The summed E-state index contributed by atoms with van der Waals surface area (Å²) in [5, 5.41) is 10.2. The minimum Gasteiger partial charge on any atom is -0.382 e. The number of rotatable bonds is 3. The molecule has 0 radical (unpaired) electrons. The second-order valence-electron chi connectivity index (χ2n) is 4.50. The second kappa shape index (κ2) is 4.93. The molecule has 0 amide bonds. The van der Waals surface area contributed by atoms with E-state index in [2.05, 4.69) is 16.8 Å². The molecule has 0 saturated carbocycles. The second-order valence-corrected chi connectivity index (χ2v) is 5.44. The Kier molecular flexibility index (Phi) is 3.56. The van der Waals surface area contributed by atoms with E-state index in [1.807, 2.05) is 5.38 Å². The van der Waals surface area contributed by atoms with Gasteiger partial charge in [0.15, 0.2) is 0 Å². The molecular weight excluding hydrogens is 220 g/mol. The van der Waals surface area contributed by atoms with E-state index in [0.29, 0.717) is 5.69 Å². The van der Waals surface area contributed by atoms with E-state index in [1.165, 1.54) is 12.8 Å². The van der Waals surface area contributed by atoms with Gasteiger partial charge in [0.1, 0.15) is 16.5 Å². The summed E-state index contributed by atoms with van der Waals surface area (Å²) in [6.07, 6.45) is 2.57. The quantitative estimate of drug-likeness (QED) is 0.621. The van der Waals surface area contributed by atoms with Crippen LogP contribution in [0.5, 0.6) is 0 Å². The van der Waals surface area contributed by atoms with Crippen molar-refractivity contribution in [2.45, 2.75) is 26.3 Å². The Morgan fingerprint density at radius 3 is 2.88 bits per heavy atom. The van der Waals surface area contributed by atoms with Crippen LogP contribution in [0.2, 0.25) is 0 Å². The predicted molar refractivity (Wildman–Crippen MR) is 66.8 cm³/mol. The van der Waals surface area contributed by atoms with E-state index < -0.39 is 0 Å². The Hall–Kier alpha value is -0.940. The number of nitrogen functional groups attached to an aromatic ring is 1. The van der Waals surface area contributed by atoms with Gasteiger partial charge in [-0.15, -0.1) is 11.3 Å². The molecule has 0 bridgehead atoms. The summed E-state index contributed by atoms with van der Waals surface area (Å²) in [6.45, 7) is 5.55. The van der Waals surface area contributed by atoms with E-state index >= 15 is 0 Å². The number of hydrogen-bond acceptors (Lipinski definition) is 4. The van der Waals surface area contributed by atoms with Crippen molar-refractivity contribution >= 4 is 17.2 Å². The van der Waals surface area contributed by atoms with Crippen LogP contribution in [0, 0.1) is 11.3 Å². The zero-order chi connectivity index (χ0) is 11.5. The number of likely N-dealkylation sites (tertiary alicyclic amines) is 1. The SMILES string of the molecule is CC1CCN(Cc2nc(C(=N)N)cs2)CC1. The van der Waals surface area contributed by atoms with Gasteiger partial charge in [0, 0.05) is 5.38 Å². The monoisotopic (exact) mass is 238 g/mol. The van der Waals surface area contributed by atoms with Crippen molar-refractivity contribution in [3.8, 4) is 0 Å². The standard InChI is InChI=1S/C11H18N4S/c1-8-2-4-15(5-3-8)6-10-14-9(7-16-10)11(12)13/h7-8H,2-6H2,1H3,(H3,12,13). The summed E-state index contributed by atoms with van der Waals surface area (Å²) in [5.41, 5.74) is 6.01. The molecule has 5 heteroatoms. The van der Waals surface area contributed by atoms with Crippen LogP contribution >= 0.6 is 11.3 Å². The average Bonchev–Trinajstić information content (AvgIpc) is 2.70. The van der Waals surface area contributed by atoms with Crippen molar-refractivity contribution in [2.24, 2.45) is 11.7 Å². The molecule has 2 heterocycles. The molecule has 0 atom stereocenters. The van der Waals surface area contributed by atoms with E-state index in [0.717, 1.165) is 30.6 Å². The lowest BCUT2D eigenvalue weighted by molar-refractivity contribution is 0.185. The first-order valence-electron chi connectivity index (χ1n) is 5.66. The van der Waals surface area contributed by atoms with Gasteiger partial charge in [-0.2, -0.15) is 0 Å². The normalized spacial score (nSPS) is 18.8. The molecule has 0 aliphatic carbocycles. The molecule has 1 aromatic heterocycles. The maximum absolute atomic E-state index is 7.30. The molecule has 0 aromatic carbocycles. The van der Waals surface area contributed by atoms with E-state index in [9.17, 15) is 0 Å². The third-order valence-electron chi connectivity index (χ3n) is 3.06. The fourth-order valence-electron chi connectivity index (χ4n) is 1.92. The van der Waals surface area contributed by atoms with Crippen LogP contribution < -0.4 is 5.73 Å². The molecule has 16 heavy (non-hydrogen) atoms. The summed E-state index contributed by atoms with van der Waals surface area (Å²) in [5.74, 6) is 0.926. The molecule has 1 aromatic rings. The average molecular weight is 238 g/mol. The van der Waals surface area contributed by atoms with Crippen molar-refractivity contribution < 1.29 is 0 Å². The number of amidine groups is 1. The summed E-state index contributed by atoms with van der Waals surface area (Å²) >= 11 is 1.60. The molecule has 1 aliphatic heterocycles. The van der Waals surface area contributed by atoms with Crippen LogP contribution in [0.15, 0.2) is 5.38 Å². The zero-order valence-electron chi connectivity index (χ0n) is 9.57. The first-order chi connectivity index (χ1) is 7.65. The molecule has 0 spiro atoms. The fourth-order valence-corrected chi connectivity index (χ4v) is 2.75. The van der Waals surface area contributed by atoms with Crippen molar-refractivity contribution in [1.82, 2.24) is 9.88 Å². The first-order valence-corrected chi connectivity index (χ1v) is 6.54. The predicted octanol–water partition coefficient (Wildman–Crippen LogP) is 1.66. The van der Waals surface area contributed by atoms with Gasteiger partial charge in [0.25, 0.3) is 0 Å². The molecule has 4 nitrogen and oxygen atoms in total. The van der Waals surface area contributed by atoms with Crippen LogP contribution in [-0.4, -0.2) is 28.8 Å². The summed E-state index contributed by atoms with van der Waals surface area (Å²) in [7, 11) is 0. The van der Waals surface area contributed by atoms with Crippen LogP contribution in [0.1, 0.15) is 30.5 Å². The smallest absolute Gasteiger partial charge is 0.142 e. The van der Waals surface area contributed by atoms with Gasteiger partial charge < -0.3 is 5.73 Å².